The Labute approximate surface area is 89.5 Å². The van der Waals surface area contributed by atoms with Gasteiger partial charge >= 0.3 is 0 Å². The molecule has 1 saturated carbocycles. The van der Waals surface area contributed by atoms with Gasteiger partial charge in [-0.2, -0.15) is 0 Å². The number of rotatable bonds is 8. The zero-order valence-electron chi connectivity index (χ0n) is 9.97. The zero-order valence-corrected chi connectivity index (χ0v) is 9.97. The lowest BCUT2D eigenvalue weighted by Gasteiger charge is -2.22. The number of unbranched alkanes of at least 4 members (excludes halogenated alkanes) is 1. The highest BCUT2D eigenvalue weighted by Gasteiger charge is 2.23. The third-order valence-electron chi connectivity index (χ3n) is 3.66. The van der Waals surface area contributed by atoms with Crippen molar-refractivity contribution >= 4 is 0 Å². The van der Waals surface area contributed by atoms with Crippen LogP contribution in [0.25, 0.3) is 0 Å². The van der Waals surface area contributed by atoms with Crippen LogP contribution in [0.3, 0.4) is 0 Å². The first kappa shape index (κ1) is 12.0. The van der Waals surface area contributed by atoms with E-state index in [0.29, 0.717) is 6.04 Å². The second-order valence-electron chi connectivity index (χ2n) is 5.00. The molecular weight excluding hydrogens is 170 g/mol. The van der Waals surface area contributed by atoms with Gasteiger partial charge < -0.3 is 5.73 Å². The van der Waals surface area contributed by atoms with Crippen molar-refractivity contribution in [1.82, 2.24) is 0 Å². The molecule has 2 unspecified atom stereocenters. The molecule has 0 amide bonds. The highest BCUT2D eigenvalue weighted by atomic mass is 14.6. The van der Waals surface area contributed by atoms with Crippen molar-refractivity contribution in [2.45, 2.75) is 71.3 Å². The topological polar surface area (TPSA) is 26.0 Å². The second kappa shape index (κ2) is 6.44. The molecule has 1 aliphatic rings. The molecule has 84 valence electrons. The van der Waals surface area contributed by atoms with E-state index in [1.54, 1.807) is 0 Å². The number of hydrogen-bond acceptors (Lipinski definition) is 1. The molecule has 0 aromatic rings. The smallest absolute Gasteiger partial charge is 0.00671 e. The van der Waals surface area contributed by atoms with Crippen molar-refractivity contribution < 1.29 is 0 Å². The van der Waals surface area contributed by atoms with Gasteiger partial charge in [0.15, 0.2) is 0 Å². The van der Waals surface area contributed by atoms with Gasteiger partial charge in [0.2, 0.25) is 0 Å². The molecule has 14 heavy (non-hydrogen) atoms. The molecule has 0 spiro atoms. The summed E-state index contributed by atoms with van der Waals surface area (Å²) >= 11 is 0. The van der Waals surface area contributed by atoms with E-state index in [4.69, 9.17) is 5.73 Å². The summed E-state index contributed by atoms with van der Waals surface area (Å²) in [6.45, 7) is 4.56. The first-order valence-corrected chi connectivity index (χ1v) is 6.53. The molecule has 0 radical (unpaired) electrons. The van der Waals surface area contributed by atoms with Crippen molar-refractivity contribution in [2.24, 2.45) is 17.6 Å². The molecule has 1 fully saturated rings. The van der Waals surface area contributed by atoms with E-state index in [9.17, 15) is 0 Å². The normalized spacial score (nSPS) is 20.8. The van der Waals surface area contributed by atoms with Crippen LogP contribution in [0.2, 0.25) is 0 Å². The van der Waals surface area contributed by atoms with Gasteiger partial charge in [-0.3, -0.25) is 0 Å². The van der Waals surface area contributed by atoms with E-state index in [2.05, 4.69) is 13.8 Å². The van der Waals surface area contributed by atoms with Crippen LogP contribution in [-0.4, -0.2) is 6.04 Å². The summed E-state index contributed by atoms with van der Waals surface area (Å²) in [7, 11) is 0. The SMILES string of the molecule is CCCCC(CC)C(N)CCC1CC1. The predicted molar refractivity (Wildman–Crippen MR) is 63.2 cm³/mol. The highest BCUT2D eigenvalue weighted by molar-refractivity contribution is 4.78. The third-order valence-corrected chi connectivity index (χ3v) is 3.66. The molecular formula is C13H27N. The molecule has 2 N–H and O–H groups in total. The van der Waals surface area contributed by atoms with Crippen LogP contribution in [0.5, 0.6) is 0 Å². The first-order chi connectivity index (χ1) is 6.77. The Balaban J connectivity index is 2.12. The minimum absolute atomic E-state index is 0.479. The molecule has 0 heterocycles. The molecule has 1 heteroatoms. The summed E-state index contributed by atoms with van der Waals surface area (Å²) in [4.78, 5) is 0. The van der Waals surface area contributed by atoms with Crippen LogP contribution in [0.4, 0.5) is 0 Å². The molecule has 0 bridgehead atoms. The molecule has 0 saturated heterocycles. The molecule has 0 aromatic heterocycles. The van der Waals surface area contributed by atoms with Crippen molar-refractivity contribution in [3.8, 4) is 0 Å². The van der Waals surface area contributed by atoms with Crippen molar-refractivity contribution in [3.63, 3.8) is 0 Å². The summed E-state index contributed by atoms with van der Waals surface area (Å²) in [5, 5.41) is 0. The fourth-order valence-electron chi connectivity index (χ4n) is 2.26. The number of nitrogens with two attached hydrogens (primary N) is 1. The Morgan fingerprint density at radius 3 is 2.43 bits per heavy atom. The first-order valence-electron chi connectivity index (χ1n) is 6.53. The summed E-state index contributed by atoms with van der Waals surface area (Å²) in [5.74, 6) is 1.83. The van der Waals surface area contributed by atoms with Gasteiger partial charge in [-0.05, 0) is 31.1 Å². The third kappa shape index (κ3) is 4.45. The van der Waals surface area contributed by atoms with E-state index in [1.165, 1.54) is 51.4 Å². The summed E-state index contributed by atoms with van der Waals surface area (Å²) in [6.07, 6.45) is 10.9. The Kier molecular flexibility index (Phi) is 5.54. The van der Waals surface area contributed by atoms with E-state index >= 15 is 0 Å². The average Bonchev–Trinajstić information content (AvgIpc) is 2.99. The predicted octanol–water partition coefficient (Wildman–Crippen LogP) is 3.72. The monoisotopic (exact) mass is 197 g/mol. The second-order valence-corrected chi connectivity index (χ2v) is 5.00. The molecule has 1 nitrogen and oxygen atoms in total. The lowest BCUT2D eigenvalue weighted by atomic mass is 9.89. The van der Waals surface area contributed by atoms with Crippen molar-refractivity contribution in [3.05, 3.63) is 0 Å². The Morgan fingerprint density at radius 2 is 1.93 bits per heavy atom. The van der Waals surface area contributed by atoms with Crippen LogP contribution in [0, 0.1) is 11.8 Å². The van der Waals surface area contributed by atoms with E-state index in [0.717, 1.165) is 11.8 Å². The Hall–Kier alpha value is -0.0400. The Bertz CT molecular complexity index is 140. The van der Waals surface area contributed by atoms with Crippen LogP contribution in [-0.2, 0) is 0 Å². The maximum atomic E-state index is 6.25. The van der Waals surface area contributed by atoms with E-state index < -0.39 is 0 Å². The minimum atomic E-state index is 0.479. The fraction of sp³-hybridized carbons (Fsp3) is 1.00. The van der Waals surface area contributed by atoms with E-state index in [1.807, 2.05) is 0 Å². The summed E-state index contributed by atoms with van der Waals surface area (Å²) in [6, 6.07) is 0.479. The summed E-state index contributed by atoms with van der Waals surface area (Å²) in [5.41, 5.74) is 6.25. The van der Waals surface area contributed by atoms with Crippen LogP contribution < -0.4 is 5.73 Å². The van der Waals surface area contributed by atoms with Gasteiger partial charge in [-0.15, -0.1) is 0 Å². The number of hydrogen-bond donors (Lipinski definition) is 1. The van der Waals surface area contributed by atoms with Gasteiger partial charge in [0.05, 0.1) is 0 Å². The Morgan fingerprint density at radius 1 is 1.21 bits per heavy atom. The molecule has 0 aromatic carbocycles. The lowest BCUT2D eigenvalue weighted by Crippen LogP contribution is -2.29. The van der Waals surface area contributed by atoms with Gasteiger partial charge in [0, 0.05) is 6.04 Å². The molecule has 1 rings (SSSR count). The zero-order chi connectivity index (χ0) is 10.4. The van der Waals surface area contributed by atoms with E-state index in [-0.39, 0.29) is 0 Å². The van der Waals surface area contributed by atoms with Gasteiger partial charge in [0.25, 0.3) is 0 Å². The standard InChI is InChI=1S/C13H27N/c1-3-5-6-12(4-2)13(14)10-9-11-7-8-11/h11-13H,3-10,14H2,1-2H3. The van der Waals surface area contributed by atoms with Gasteiger partial charge in [-0.25, -0.2) is 0 Å². The van der Waals surface area contributed by atoms with Gasteiger partial charge in [0.1, 0.15) is 0 Å². The molecule has 0 aliphatic heterocycles. The lowest BCUT2D eigenvalue weighted by molar-refractivity contribution is 0.346. The molecule has 2 atom stereocenters. The minimum Gasteiger partial charge on any atom is -0.327 e. The average molecular weight is 197 g/mol. The van der Waals surface area contributed by atoms with Crippen molar-refractivity contribution in [1.29, 1.82) is 0 Å². The van der Waals surface area contributed by atoms with Gasteiger partial charge in [-0.1, -0.05) is 46.0 Å². The van der Waals surface area contributed by atoms with Crippen LogP contribution in [0.15, 0.2) is 0 Å². The largest absolute Gasteiger partial charge is 0.327 e. The summed E-state index contributed by atoms with van der Waals surface area (Å²) < 4.78 is 0. The molecule has 1 aliphatic carbocycles. The van der Waals surface area contributed by atoms with Crippen molar-refractivity contribution in [2.75, 3.05) is 0 Å². The fourth-order valence-corrected chi connectivity index (χ4v) is 2.26. The quantitative estimate of drug-likeness (QED) is 0.630. The van der Waals surface area contributed by atoms with Crippen LogP contribution in [0.1, 0.15) is 65.2 Å². The maximum absolute atomic E-state index is 6.25. The van der Waals surface area contributed by atoms with Crippen LogP contribution >= 0.6 is 0 Å². The maximum Gasteiger partial charge on any atom is 0.00671 e. The highest BCUT2D eigenvalue weighted by Crippen LogP contribution is 2.34.